The number of nitrogens with one attached hydrogen (secondary N) is 1. The molecule has 0 radical (unpaired) electrons. The Hall–Kier alpha value is -2.04. The van der Waals surface area contributed by atoms with Crippen LogP contribution >= 0.6 is 0 Å². The summed E-state index contributed by atoms with van der Waals surface area (Å²) in [5.74, 6) is -1.27. The van der Waals surface area contributed by atoms with E-state index in [-0.39, 0.29) is 0 Å². The van der Waals surface area contributed by atoms with Crippen LogP contribution in [0.3, 0.4) is 0 Å². The van der Waals surface area contributed by atoms with Gasteiger partial charge in [-0.25, -0.2) is 0 Å². The van der Waals surface area contributed by atoms with E-state index in [0.717, 1.165) is 0 Å². The molecule has 0 atom stereocenters. The number of amides is 2. The van der Waals surface area contributed by atoms with Gasteiger partial charge in [0.15, 0.2) is 0 Å². The van der Waals surface area contributed by atoms with Crippen molar-refractivity contribution in [2.24, 2.45) is 0 Å². The van der Waals surface area contributed by atoms with Gasteiger partial charge in [-0.3, -0.25) is 9.59 Å². The minimum atomic E-state index is -0.675. The van der Waals surface area contributed by atoms with Gasteiger partial charge in [0, 0.05) is 25.5 Å². The van der Waals surface area contributed by atoms with Crippen molar-refractivity contribution in [3.8, 4) is 0 Å². The summed E-state index contributed by atoms with van der Waals surface area (Å²) in [4.78, 5) is 23.7. The molecular formula is C10H13N3O2. The second kappa shape index (κ2) is 4.45. The number of hydrogen-bond donors (Lipinski definition) is 2. The Bertz CT molecular complexity index is 388. The Morgan fingerprint density at radius 3 is 2.53 bits per heavy atom. The fourth-order valence-corrected chi connectivity index (χ4v) is 1.00. The van der Waals surface area contributed by atoms with Gasteiger partial charge in [0.2, 0.25) is 0 Å². The molecule has 15 heavy (non-hydrogen) atoms. The molecule has 2 amide bonds. The highest BCUT2D eigenvalue weighted by atomic mass is 16.2. The summed E-state index contributed by atoms with van der Waals surface area (Å²) in [6, 6.07) is 6.65. The fraction of sp³-hybridized carbons (Fsp3) is 0.200. The Morgan fingerprint density at radius 2 is 2.00 bits per heavy atom. The van der Waals surface area contributed by atoms with E-state index in [1.807, 2.05) is 0 Å². The maximum atomic E-state index is 11.3. The number of benzene rings is 1. The Kier molecular flexibility index (Phi) is 3.28. The predicted molar refractivity (Wildman–Crippen MR) is 58.2 cm³/mol. The molecule has 0 heterocycles. The normalized spacial score (nSPS) is 9.47. The minimum absolute atomic E-state index is 0.509. The number of nitrogens with zero attached hydrogens (tertiary/aromatic N) is 1. The van der Waals surface area contributed by atoms with Gasteiger partial charge in [0.25, 0.3) is 0 Å². The van der Waals surface area contributed by atoms with Crippen LogP contribution in [-0.4, -0.2) is 30.8 Å². The molecule has 0 aliphatic heterocycles. The number of hydrogen-bond acceptors (Lipinski definition) is 3. The molecule has 3 N–H and O–H groups in total. The number of carbonyl (C=O) groups excluding carboxylic acids is 2. The Labute approximate surface area is 87.9 Å². The van der Waals surface area contributed by atoms with Crippen LogP contribution in [0, 0.1) is 0 Å². The Morgan fingerprint density at radius 1 is 1.33 bits per heavy atom. The average molecular weight is 207 g/mol. The van der Waals surface area contributed by atoms with Crippen LogP contribution in [-0.2, 0) is 9.59 Å². The number of rotatable bonds is 1. The van der Waals surface area contributed by atoms with Gasteiger partial charge in [0.05, 0.1) is 0 Å². The largest absolute Gasteiger partial charge is 0.399 e. The molecule has 5 nitrogen and oxygen atoms in total. The van der Waals surface area contributed by atoms with Gasteiger partial charge in [-0.15, -0.1) is 0 Å². The maximum Gasteiger partial charge on any atom is 0.313 e. The molecule has 1 rings (SSSR count). The van der Waals surface area contributed by atoms with E-state index in [1.54, 1.807) is 24.3 Å². The maximum absolute atomic E-state index is 11.3. The lowest BCUT2D eigenvalue weighted by molar-refractivity contribution is -0.141. The summed E-state index contributed by atoms with van der Waals surface area (Å²) < 4.78 is 0. The molecule has 0 saturated carbocycles. The third-order valence-electron chi connectivity index (χ3n) is 1.74. The zero-order valence-electron chi connectivity index (χ0n) is 8.65. The van der Waals surface area contributed by atoms with Gasteiger partial charge >= 0.3 is 11.8 Å². The zero-order valence-corrected chi connectivity index (χ0v) is 8.65. The standard InChI is InChI=1S/C10H13N3O2/c1-13(2)10(15)9(14)12-8-5-3-4-7(11)6-8/h3-6H,11H2,1-2H3,(H,12,14). The summed E-state index contributed by atoms with van der Waals surface area (Å²) in [5, 5.41) is 2.45. The molecule has 0 spiro atoms. The molecule has 0 aliphatic carbocycles. The molecule has 0 fully saturated rings. The van der Waals surface area contributed by atoms with Crippen molar-refractivity contribution in [2.75, 3.05) is 25.1 Å². The number of nitrogen functional groups attached to an aromatic ring is 1. The van der Waals surface area contributed by atoms with Gasteiger partial charge in [-0.05, 0) is 18.2 Å². The topological polar surface area (TPSA) is 75.4 Å². The average Bonchev–Trinajstić information content (AvgIpc) is 2.16. The first-order valence-corrected chi connectivity index (χ1v) is 4.39. The molecule has 0 unspecified atom stereocenters. The molecule has 1 aromatic carbocycles. The van der Waals surface area contributed by atoms with Crippen LogP contribution in [0.4, 0.5) is 11.4 Å². The second-order valence-electron chi connectivity index (χ2n) is 3.28. The molecule has 0 bridgehead atoms. The lowest BCUT2D eigenvalue weighted by atomic mass is 10.3. The third-order valence-corrected chi connectivity index (χ3v) is 1.74. The lowest BCUT2D eigenvalue weighted by Gasteiger charge is -2.10. The number of anilines is 2. The lowest BCUT2D eigenvalue weighted by Crippen LogP contribution is -2.34. The highest BCUT2D eigenvalue weighted by molar-refractivity contribution is 6.39. The van der Waals surface area contributed by atoms with E-state index >= 15 is 0 Å². The summed E-state index contributed by atoms with van der Waals surface area (Å²) in [6.07, 6.45) is 0. The van der Waals surface area contributed by atoms with E-state index in [1.165, 1.54) is 19.0 Å². The van der Waals surface area contributed by atoms with Crippen LogP contribution in [0.1, 0.15) is 0 Å². The van der Waals surface area contributed by atoms with Gasteiger partial charge < -0.3 is 16.0 Å². The van der Waals surface area contributed by atoms with E-state index < -0.39 is 11.8 Å². The molecule has 0 aliphatic rings. The van der Waals surface area contributed by atoms with Crippen molar-refractivity contribution in [1.82, 2.24) is 4.90 Å². The number of carbonyl (C=O) groups is 2. The Balaban J connectivity index is 2.71. The quantitative estimate of drug-likeness (QED) is 0.513. The van der Waals surface area contributed by atoms with Crippen molar-refractivity contribution < 1.29 is 9.59 Å². The minimum Gasteiger partial charge on any atom is -0.399 e. The van der Waals surface area contributed by atoms with E-state index in [9.17, 15) is 9.59 Å². The summed E-state index contributed by atoms with van der Waals surface area (Å²) in [6.45, 7) is 0. The van der Waals surface area contributed by atoms with Crippen LogP contribution < -0.4 is 11.1 Å². The molecule has 5 heteroatoms. The molecule has 1 aromatic rings. The van der Waals surface area contributed by atoms with Gasteiger partial charge in [-0.1, -0.05) is 6.07 Å². The number of nitrogens with two attached hydrogens (primary N) is 1. The fourth-order valence-electron chi connectivity index (χ4n) is 1.00. The van der Waals surface area contributed by atoms with E-state index in [0.29, 0.717) is 11.4 Å². The van der Waals surface area contributed by atoms with E-state index in [4.69, 9.17) is 5.73 Å². The SMILES string of the molecule is CN(C)C(=O)C(=O)Nc1cccc(N)c1. The van der Waals surface area contributed by atoms with Crippen molar-refractivity contribution in [1.29, 1.82) is 0 Å². The molecule has 0 saturated heterocycles. The zero-order chi connectivity index (χ0) is 11.4. The monoisotopic (exact) mass is 207 g/mol. The number of likely N-dealkylation sites (N-methyl/N-ethyl adjacent to an activating group) is 1. The molecular weight excluding hydrogens is 194 g/mol. The van der Waals surface area contributed by atoms with Crippen molar-refractivity contribution in [3.05, 3.63) is 24.3 Å². The first-order valence-electron chi connectivity index (χ1n) is 4.39. The first kappa shape index (κ1) is 11.0. The summed E-state index contributed by atoms with van der Waals surface area (Å²) in [5.41, 5.74) is 6.57. The molecule has 80 valence electrons. The van der Waals surface area contributed by atoms with Gasteiger partial charge in [0.1, 0.15) is 0 Å². The molecule has 0 aromatic heterocycles. The summed E-state index contributed by atoms with van der Waals surface area (Å²) in [7, 11) is 3.03. The van der Waals surface area contributed by atoms with Gasteiger partial charge in [-0.2, -0.15) is 0 Å². The van der Waals surface area contributed by atoms with Crippen LogP contribution in [0.25, 0.3) is 0 Å². The van der Waals surface area contributed by atoms with Crippen molar-refractivity contribution >= 4 is 23.2 Å². The van der Waals surface area contributed by atoms with E-state index in [2.05, 4.69) is 5.32 Å². The van der Waals surface area contributed by atoms with Crippen molar-refractivity contribution in [2.45, 2.75) is 0 Å². The first-order chi connectivity index (χ1) is 7.00. The van der Waals surface area contributed by atoms with Crippen LogP contribution in [0.5, 0.6) is 0 Å². The van der Waals surface area contributed by atoms with Crippen molar-refractivity contribution in [3.63, 3.8) is 0 Å². The van der Waals surface area contributed by atoms with Crippen LogP contribution in [0.2, 0.25) is 0 Å². The highest BCUT2D eigenvalue weighted by Gasteiger charge is 2.15. The summed E-state index contributed by atoms with van der Waals surface area (Å²) >= 11 is 0. The van der Waals surface area contributed by atoms with Crippen LogP contribution in [0.15, 0.2) is 24.3 Å². The second-order valence-corrected chi connectivity index (χ2v) is 3.28. The predicted octanol–water partition coefficient (Wildman–Crippen LogP) is 0.295. The third kappa shape index (κ3) is 2.98. The highest BCUT2D eigenvalue weighted by Crippen LogP contribution is 2.11. The smallest absolute Gasteiger partial charge is 0.313 e.